The van der Waals surface area contributed by atoms with Crippen molar-refractivity contribution in [1.29, 1.82) is 0 Å². The highest BCUT2D eigenvalue weighted by atomic mass is 16.3. The summed E-state index contributed by atoms with van der Waals surface area (Å²) in [5, 5.41) is 2.74. The summed E-state index contributed by atoms with van der Waals surface area (Å²) in [5.41, 5.74) is 7.73. The molecule has 1 heterocycles. The van der Waals surface area contributed by atoms with Gasteiger partial charge in [-0.3, -0.25) is 4.79 Å². The van der Waals surface area contributed by atoms with Gasteiger partial charge in [0.05, 0.1) is 6.04 Å². The van der Waals surface area contributed by atoms with Crippen LogP contribution in [0.2, 0.25) is 0 Å². The van der Waals surface area contributed by atoms with Crippen molar-refractivity contribution in [1.82, 2.24) is 4.98 Å². The number of fused-ring (bicyclic) bond motifs is 1. The van der Waals surface area contributed by atoms with E-state index in [2.05, 4.69) is 10.3 Å². The third-order valence-electron chi connectivity index (χ3n) is 3.01. The van der Waals surface area contributed by atoms with E-state index >= 15 is 0 Å². The van der Waals surface area contributed by atoms with E-state index in [4.69, 9.17) is 10.2 Å². The van der Waals surface area contributed by atoms with Crippen LogP contribution in [0.25, 0.3) is 11.1 Å². The van der Waals surface area contributed by atoms with E-state index < -0.39 is 6.04 Å². The molecule has 0 saturated heterocycles. The van der Waals surface area contributed by atoms with Gasteiger partial charge in [0.1, 0.15) is 5.52 Å². The second-order valence-electron chi connectivity index (χ2n) is 4.79. The first kappa shape index (κ1) is 11.2. The third-order valence-corrected chi connectivity index (χ3v) is 3.01. The molecule has 1 saturated carbocycles. The van der Waals surface area contributed by atoms with E-state index in [-0.39, 0.29) is 5.91 Å². The minimum absolute atomic E-state index is 0.208. The molecular formula is C13H15N3O2. The Morgan fingerprint density at radius 1 is 1.56 bits per heavy atom. The fourth-order valence-electron chi connectivity index (χ4n) is 1.78. The number of rotatable bonds is 3. The molecule has 1 aromatic heterocycles. The molecule has 5 nitrogen and oxygen atoms in total. The molecule has 1 aromatic carbocycles. The monoisotopic (exact) mass is 245 g/mol. The summed E-state index contributed by atoms with van der Waals surface area (Å²) in [6, 6.07) is 4.90. The van der Waals surface area contributed by atoms with Crippen LogP contribution in [-0.4, -0.2) is 16.9 Å². The fourth-order valence-corrected chi connectivity index (χ4v) is 1.78. The number of nitrogens with zero attached hydrogens (tertiary/aromatic N) is 1. The summed E-state index contributed by atoms with van der Waals surface area (Å²) in [4.78, 5) is 15.9. The molecule has 1 fully saturated rings. The van der Waals surface area contributed by atoms with Gasteiger partial charge in [-0.1, -0.05) is 0 Å². The lowest BCUT2D eigenvalue weighted by atomic mass is 10.2. The molecule has 0 bridgehead atoms. The summed E-state index contributed by atoms with van der Waals surface area (Å²) in [7, 11) is 0. The largest absolute Gasteiger partial charge is 0.440 e. The van der Waals surface area contributed by atoms with Crippen LogP contribution in [0.15, 0.2) is 22.6 Å². The highest BCUT2D eigenvalue weighted by Gasteiger charge is 2.28. The van der Waals surface area contributed by atoms with Crippen molar-refractivity contribution in [3.63, 3.8) is 0 Å². The Bertz CT molecular complexity index is 599. The number of nitrogens with one attached hydrogen (secondary N) is 1. The lowest BCUT2D eigenvalue weighted by Gasteiger charge is -2.06. The van der Waals surface area contributed by atoms with Crippen molar-refractivity contribution in [3.05, 3.63) is 24.1 Å². The number of oxazole rings is 1. The molecular weight excluding hydrogens is 230 g/mol. The Morgan fingerprint density at radius 2 is 2.33 bits per heavy atom. The molecule has 0 aliphatic heterocycles. The van der Waals surface area contributed by atoms with Gasteiger partial charge in [-0.15, -0.1) is 0 Å². The van der Waals surface area contributed by atoms with Gasteiger partial charge >= 0.3 is 0 Å². The zero-order valence-corrected chi connectivity index (χ0v) is 10.1. The quantitative estimate of drug-likeness (QED) is 0.866. The zero-order chi connectivity index (χ0) is 12.7. The number of aromatic nitrogens is 1. The maximum Gasteiger partial charge on any atom is 0.240 e. The molecule has 0 spiro atoms. The molecule has 3 N–H and O–H groups in total. The first-order chi connectivity index (χ1) is 8.63. The van der Waals surface area contributed by atoms with Crippen molar-refractivity contribution >= 4 is 22.7 Å². The van der Waals surface area contributed by atoms with Crippen molar-refractivity contribution < 1.29 is 9.21 Å². The van der Waals surface area contributed by atoms with Crippen LogP contribution in [0, 0.1) is 0 Å². The van der Waals surface area contributed by atoms with E-state index in [1.807, 2.05) is 12.1 Å². The molecule has 2 aromatic rings. The van der Waals surface area contributed by atoms with Crippen LogP contribution >= 0.6 is 0 Å². The summed E-state index contributed by atoms with van der Waals surface area (Å²) in [5.74, 6) is 1.08. The molecule has 0 radical (unpaired) electrons. The van der Waals surface area contributed by atoms with E-state index in [1.54, 1.807) is 13.0 Å². The number of anilines is 1. The summed E-state index contributed by atoms with van der Waals surface area (Å²) < 4.78 is 5.65. The summed E-state index contributed by atoms with van der Waals surface area (Å²) >= 11 is 0. The average molecular weight is 245 g/mol. The minimum Gasteiger partial charge on any atom is -0.440 e. The van der Waals surface area contributed by atoms with Gasteiger partial charge in [-0.05, 0) is 38.0 Å². The molecule has 3 rings (SSSR count). The normalized spacial score (nSPS) is 16.8. The summed E-state index contributed by atoms with van der Waals surface area (Å²) in [6.45, 7) is 1.65. The SMILES string of the molecule is CC(N)C(=O)Nc1ccc2oc(C3CC3)nc2c1. The van der Waals surface area contributed by atoms with Gasteiger partial charge in [0, 0.05) is 11.6 Å². The number of carbonyl (C=O) groups excluding carboxylic acids is 1. The molecule has 18 heavy (non-hydrogen) atoms. The van der Waals surface area contributed by atoms with Crippen LogP contribution in [0.3, 0.4) is 0 Å². The Labute approximate surface area is 104 Å². The Morgan fingerprint density at radius 3 is 3.00 bits per heavy atom. The first-order valence-electron chi connectivity index (χ1n) is 6.10. The van der Waals surface area contributed by atoms with Crippen LogP contribution < -0.4 is 11.1 Å². The van der Waals surface area contributed by atoms with Gasteiger partial charge in [0.15, 0.2) is 11.5 Å². The van der Waals surface area contributed by atoms with E-state index in [0.717, 1.165) is 29.8 Å². The minimum atomic E-state index is -0.528. The average Bonchev–Trinajstić information content (AvgIpc) is 3.09. The van der Waals surface area contributed by atoms with Crippen LogP contribution in [0.1, 0.15) is 31.6 Å². The maximum atomic E-state index is 11.5. The second-order valence-corrected chi connectivity index (χ2v) is 4.79. The van der Waals surface area contributed by atoms with E-state index in [0.29, 0.717) is 11.6 Å². The Kier molecular flexibility index (Phi) is 2.56. The number of hydrogen-bond donors (Lipinski definition) is 2. The van der Waals surface area contributed by atoms with Gasteiger partial charge in [-0.25, -0.2) is 4.98 Å². The zero-order valence-electron chi connectivity index (χ0n) is 10.1. The molecule has 1 atom stereocenters. The third kappa shape index (κ3) is 2.09. The van der Waals surface area contributed by atoms with Crippen LogP contribution in [-0.2, 0) is 4.79 Å². The highest BCUT2D eigenvalue weighted by Crippen LogP contribution is 2.40. The van der Waals surface area contributed by atoms with Gasteiger partial charge in [-0.2, -0.15) is 0 Å². The van der Waals surface area contributed by atoms with Crippen molar-refractivity contribution in [2.24, 2.45) is 5.73 Å². The lowest BCUT2D eigenvalue weighted by Crippen LogP contribution is -2.32. The Hall–Kier alpha value is -1.88. The number of nitrogens with two attached hydrogens (primary N) is 1. The molecule has 5 heteroatoms. The fraction of sp³-hybridized carbons (Fsp3) is 0.385. The van der Waals surface area contributed by atoms with Crippen LogP contribution in [0.5, 0.6) is 0 Å². The number of hydrogen-bond acceptors (Lipinski definition) is 4. The first-order valence-corrected chi connectivity index (χ1v) is 6.10. The molecule has 1 aliphatic carbocycles. The smallest absolute Gasteiger partial charge is 0.240 e. The van der Waals surface area contributed by atoms with Gasteiger partial charge < -0.3 is 15.5 Å². The van der Waals surface area contributed by atoms with Gasteiger partial charge in [0.25, 0.3) is 0 Å². The standard InChI is InChI=1S/C13H15N3O2/c1-7(14)12(17)15-9-4-5-11-10(6-9)16-13(18-11)8-2-3-8/h4-8H,2-3,14H2,1H3,(H,15,17). The molecule has 1 amide bonds. The highest BCUT2D eigenvalue weighted by molar-refractivity contribution is 5.95. The number of benzene rings is 1. The summed E-state index contributed by atoms with van der Waals surface area (Å²) in [6.07, 6.45) is 2.31. The van der Waals surface area contributed by atoms with Crippen molar-refractivity contribution in [3.8, 4) is 0 Å². The number of amides is 1. The van der Waals surface area contributed by atoms with E-state index in [9.17, 15) is 4.79 Å². The molecule has 94 valence electrons. The Balaban J connectivity index is 1.88. The lowest BCUT2D eigenvalue weighted by molar-refractivity contribution is -0.117. The molecule has 1 unspecified atom stereocenters. The predicted molar refractivity (Wildman–Crippen MR) is 68.3 cm³/mol. The second kappa shape index (κ2) is 4.10. The van der Waals surface area contributed by atoms with E-state index in [1.165, 1.54) is 0 Å². The molecule has 1 aliphatic rings. The maximum absolute atomic E-state index is 11.5. The van der Waals surface area contributed by atoms with Crippen LogP contribution in [0.4, 0.5) is 5.69 Å². The van der Waals surface area contributed by atoms with Crippen molar-refractivity contribution in [2.45, 2.75) is 31.7 Å². The van der Waals surface area contributed by atoms with Gasteiger partial charge in [0.2, 0.25) is 5.91 Å². The number of carbonyl (C=O) groups is 1. The van der Waals surface area contributed by atoms with Crippen molar-refractivity contribution in [2.75, 3.05) is 5.32 Å². The predicted octanol–water partition coefficient (Wildman–Crippen LogP) is 1.99. The topological polar surface area (TPSA) is 81.2 Å².